The molecular formula is C20H21N3O4. The quantitative estimate of drug-likeness (QED) is 0.691. The summed E-state index contributed by atoms with van der Waals surface area (Å²) in [6.45, 7) is 1.60. The van der Waals surface area contributed by atoms with Crippen molar-refractivity contribution < 1.29 is 13.9 Å². The fraction of sp³-hybridized carbons (Fsp3) is 0.350. The lowest BCUT2D eigenvalue weighted by Gasteiger charge is -2.32. The monoisotopic (exact) mass is 367 g/mol. The molecule has 1 unspecified atom stereocenters. The number of piperidine rings is 1. The first-order valence-electron chi connectivity index (χ1n) is 9.08. The molecule has 2 aromatic heterocycles. The Morgan fingerprint density at radius 1 is 1.22 bits per heavy atom. The number of hydrogen-bond donors (Lipinski definition) is 0. The second-order valence-electron chi connectivity index (χ2n) is 6.66. The molecule has 7 nitrogen and oxygen atoms in total. The molecule has 27 heavy (non-hydrogen) atoms. The van der Waals surface area contributed by atoms with Crippen molar-refractivity contribution in [2.24, 2.45) is 0 Å². The predicted molar refractivity (Wildman–Crippen MR) is 99.1 cm³/mol. The molecule has 1 saturated heterocycles. The lowest BCUT2D eigenvalue weighted by atomic mass is 10.1. The van der Waals surface area contributed by atoms with Gasteiger partial charge in [-0.05, 0) is 37.1 Å². The Morgan fingerprint density at radius 3 is 2.93 bits per heavy atom. The maximum Gasteiger partial charge on any atom is 0.420 e. The first-order chi connectivity index (χ1) is 13.2. The molecule has 1 aliphatic rings. The van der Waals surface area contributed by atoms with Gasteiger partial charge in [0.1, 0.15) is 6.54 Å². The zero-order chi connectivity index (χ0) is 18.6. The molecule has 0 spiro atoms. The van der Waals surface area contributed by atoms with Gasteiger partial charge in [-0.3, -0.25) is 14.3 Å². The molecular weight excluding hydrogens is 346 g/mol. The molecule has 1 aromatic carbocycles. The van der Waals surface area contributed by atoms with Gasteiger partial charge in [0.15, 0.2) is 5.58 Å². The zero-order valence-electron chi connectivity index (χ0n) is 14.9. The Bertz CT molecular complexity index is 980. The molecule has 0 radical (unpaired) electrons. The number of hydrogen-bond acceptors (Lipinski definition) is 5. The van der Waals surface area contributed by atoms with Gasteiger partial charge in [0.25, 0.3) is 0 Å². The summed E-state index contributed by atoms with van der Waals surface area (Å²) < 4.78 is 12.5. The van der Waals surface area contributed by atoms with Gasteiger partial charge in [-0.15, -0.1) is 0 Å². The number of carbonyl (C=O) groups excluding carboxylic acids is 1. The predicted octanol–water partition coefficient (Wildman–Crippen LogP) is 2.20. The van der Waals surface area contributed by atoms with Crippen molar-refractivity contribution in [1.82, 2.24) is 14.5 Å². The molecule has 1 fully saturated rings. The third kappa shape index (κ3) is 3.93. The van der Waals surface area contributed by atoms with E-state index in [-0.39, 0.29) is 18.6 Å². The summed E-state index contributed by atoms with van der Waals surface area (Å²) in [5.74, 6) is -0.612. The van der Waals surface area contributed by atoms with Gasteiger partial charge >= 0.3 is 5.76 Å². The van der Waals surface area contributed by atoms with Crippen LogP contribution in [0.1, 0.15) is 18.5 Å². The van der Waals surface area contributed by atoms with Crippen LogP contribution in [0.2, 0.25) is 0 Å². The summed E-state index contributed by atoms with van der Waals surface area (Å²) in [6.07, 6.45) is 3.50. The second kappa shape index (κ2) is 7.75. The number of fused-ring (bicyclic) bond motifs is 1. The Hall–Kier alpha value is -2.93. The normalized spacial score (nSPS) is 17.3. The van der Waals surface area contributed by atoms with E-state index in [0.29, 0.717) is 30.8 Å². The molecule has 4 rings (SSSR count). The van der Waals surface area contributed by atoms with Crippen LogP contribution in [0.3, 0.4) is 0 Å². The number of pyridine rings is 1. The number of carbonyl (C=O) groups is 1. The van der Waals surface area contributed by atoms with Gasteiger partial charge in [0.2, 0.25) is 5.91 Å². The smallest absolute Gasteiger partial charge is 0.408 e. The van der Waals surface area contributed by atoms with Crippen LogP contribution in [0, 0.1) is 0 Å². The van der Waals surface area contributed by atoms with Gasteiger partial charge in [0, 0.05) is 19.3 Å². The van der Waals surface area contributed by atoms with E-state index in [4.69, 9.17) is 9.15 Å². The van der Waals surface area contributed by atoms with E-state index in [2.05, 4.69) is 4.98 Å². The third-order valence-corrected chi connectivity index (χ3v) is 4.79. The minimum absolute atomic E-state index is 0.0250. The van der Waals surface area contributed by atoms with Gasteiger partial charge in [0.05, 0.1) is 23.9 Å². The number of nitrogens with zero attached hydrogens (tertiary/aromatic N) is 3. The van der Waals surface area contributed by atoms with Crippen LogP contribution in [0.5, 0.6) is 0 Å². The van der Waals surface area contributed by atoms with Crippen molar-refractivity contribution in [3.05, 3.63) is 64.9 Å². The number of amides is 1. The molecule has 140 valence electrons. The van der Waals surface area contributed by atoms with Crippen molar-refractivity contribution >= 4 is 17.0 Å². The molecule has 3 heterocycles. The Morgan fingerprint density at radius 2 is 2.07 bits per heavy atom. The molecule has 0 bridgehead atoms. The zero-order valence-corrected chi connectivity index (χ0v) is 14.9. The topological polar surface area (TPSA) is 77.6 Å². The van der Waals surface area contributed by atoms with Crippen molar-refractivity contribution in [3.8, 4) is 0 Å². The van der Waals surface area contributed by atoms with E-state index in [1.807, 2.05) is 24.3 Å². The van der Waals surface area contributed by atoms with Crippen LogP contribution in [0.4, 0.5) is 0 Å². The highest BCUT2D eigenvalue weighted by Gasteiger charge is 2.25. The number of likely N-dealkylation sites (tertiary alicyclic amines) is 1. The van der Waals surface area contributed by atoms with Crippen molar-refractivity contribution in [1.29, 1.82) is 0 Å². The summed E-state index contributed by atoms with van der Waals surface area (Å²) in [7, 11) is 0. The van der Waals surface area contributed by atoms with E-state index in [1.165, 1.54) is 4.57 Å². The van der Waals surface area contributed by atoms with E-state index in [9.17, 15) is 9.59 Å². The summed E-state index contributed by atoms with van der Waals surface area (Å²) in [5, 5.41) is 0. The highest BCUT2D eigenvalue weighted by atomic mass is 16.5. The highest BCUT2D eigenvalue weighted by molar-refractivity contribution is 5.79. The molecule has 0 saturated carbocycles. The van der Waals surface area contributed by atoms with Crippen molar-refractivity contribution in [2.45, 2.75) is 32.1 Å². The number of ether oxygens (including phenoxy) is 1. The summed E-state index contributed by atoms with van der Waals surface area (Å²) in [4.78, 5) is 30.8. The van der Waals surface area contributed by atoms with Gasteiger partial charge in [-0.25, -0.2) is 4.79 Å². The van der Waals surface area contributed by atoms with Crippen molar-refractivity contribution in [2.75, 3.05) is 13.1 Å². The number of oxazole rings is 1. The number of para-hydroxylation sites is 2. The van der Waals surface area contributed by atoms with Crippen LogP contribution in [0.15, 0.2) is 57.9 Å². The van der Waals surface area contributed by atoms with Gasteiger partial charge in [-0.1, -0.05) is 18.2 Å². The third-order valence-electron chi connectivity index (χ3n) is 4.79. The minimum Gasteiger partial charge on any atom is -0.408 e. The van der Waals surface area contributed by atoms with E-state index in [1.54, 1.807) is 29.3 Å². The minimum atomic E-state index is -0.510. The van der Waals surface area contributed by atoms with Crippen LogP contribution in [0.25, 0.3) is 11.1 Å². The molecule has 3 aromatic rings. The van der Waals surface area contributed by atoms with E-state index < -0.39 is 5.76 Å². The summed E-state index contributed by atoms with van der Waals surface area (Å²) >= 11 is 0. The number of aromatic nitrogens is 2. The summed E-state index contributed by atoms with van der Waals surface area (Å²) in [5.41, 5.74) is 2.00. The Kier molecular flexibility index (Phi) is 5.02. The molecule has 0 N–H and O–H groups in total. The maximum absolute atomic E-state index is 12.7. The largest absolute Gasteiger partial charge is 0.420 e. The Labute approximate surface area is 156 Å². The molecule has 7 heteroatoms. The van der Waals surface area contributed by atoms with Gasteiger partial charge in [-0.2, -0.15) is 0 Å². The average Bonchev–Trinajstić information content (AvgIpc) is 3.03. The Balaban J connectivity index is 1.39. The lowest BCUT2D eigenvalue weighted by Crippen LogP contribution is -2.45. The SMILES string of the molecule is O=C(Cn1c(=O)oc2ccccc21)N1CCCC(OCc2ccccn2)C1. The van der Waals surface area contributed by atoms with Crippen LogP contribution < -0.4 is 5.76 Å². The van der Waals surface area contributed by atoms with Gasteiger partial charge < -0.3 is 14.1 Å². The number of benzene rings is 1. The highest BCUT2D eigenvalue weighted by Crippen LogP contribution is 2.17. The van der Waals surface area contributed by atoms with Crippen molar-refractivity contribution in [3.63, 3.8) is 0 Å². The lowest BCUT2D eigenvalue weighted by molar-refractivity contribution is -0.136. The molecule has 1 aliphatic heterocycles. The molecule has 1 amide bonds. The van der Waals surface area contributed by atoms with E-state index in [0.717, 1.165) is 18.5 Å². The number of rotatable bonds is 5. The van der Waals surface area contributed by atoms with Crippen LogP contribution in [-0.2, 0) is 22.7 Å². The van der Waals surface area contributed by atoms with E-state index >= 15 is 0 Å². The standard InChI is InChI=1S/C20H21N3O4/c24-19(13-23-17-8-1-2-9-18(17)27-20(23)25)22-11-5-7-16(12-22)26-14-15-6-3-4-10-21-15/h1-4,6,8-10,16H,5,7,11-14H2. The fourth-order valence-electron chi connectivity index (χ4n) is 3.39. The second-order valence-corrected chi connectivity index (χ2v) is 6.66. The molecule has 1 atom stereocenters. The van der Waals surface area contributed by atoms with Crippen LogP contribution in [-0.4, -0.2) is 39.6 Å². The fourth-order valence-corrected chi connectivity index (χ4v) is 3.39. The van der Waals surface area contributed by atoms with Crippen LogP contribution >= 0.6 is 0 Å². The summed E-state index contributed by atoms with van der Waals surface area (Å²) in [6, 6.07) is 12.8. The first-order valence-corrected chi connectivity index (χ1v) is 9.08. The first kappa shape index (κ1) is 17.5. The average molecular weight is 367 g/mol. The maximum atomic E-state index is 12.7. The molecule has 0 aliphatic carbocycles.